The Kier molecular flexibility index (Phi) is 6.70. The third-order valence-electron chi connectivity index (χ3n) is 9.11. The van der Waals surface area contributed by atoms with Gasteiger partial charge in [-0.15, -0.1) is 0 Å². The van der Waals surface area contributed by atoms with Gasteiger partial charge in [0.15, 0.2) is 22.8 Å². The van der Waals surface area contributed by atoms with Crippen molar-refractivity contribution >= 4 is 11.6 Å². The maximum absolute atomic E-state index is 14.5. The highest BCUT2D eigenvalue weighted by Crippen LogP contribution is 2.68. The number of rotatable bonds is 7. The summed E-state index contributed by atoms with van der Waals surface area (Å²) in [6.07, 6.45) is 8.47. The Hall–Kier alpha value is -3.16. The molecule has 7 nitrogen and oxygen atoms in total. The van der Waals surface area contributed by atoms with E-state index in [1.807, 2.05) is 53.7 Å². The lowest BCUT2D eigenvalue weighted by Gasteiger charge is -2.56. The van der Waals surface area contributed by atoms with E-state index in [4.69, 9.17) is 9.47 Å². The van der Waals surface area contributed by atoms with Crippen LogP contribution in [0.4, 0.5) is 0 Å². The fourth-order valence-corrected chi connectivity index (χ4v) is 7.14. The van der Waals surface area contributed by atoms with Crippen LogP contribution in [0.25, 0.3) is 0 Å². The van der Waals surface area contributed by atoms with Gasteiger partial charge in [-0.3, -0.25) is 9.59 Å². The molecule has 3 aliphatic carbocycles. The van der Waals surface area contributed by atoms with E-state index in [2.05, 4.69) is 0 Å². The molecule has 5 aliphatic rings. The Labute approximate surface area is 235 Å². The third kappa shape index (κ3) is 3.77. The highest BCUT2D eigenvalue weighted by atomic mass is 16.6. The molecule has 4 bridgehead atoms. The lowest BCUT2D eigenvalue weighted by Crippen LogP contribution is -2.72. The van der Waals surface area contributed by atoms with Crippen molar-refractivity contribution in [1.82, 2.24) is 0 Å². The number of phenolic OH excluding ortho intramolecular Hbond substituents is 2. The summed E-state index contributed by atoms with van der Waals surface area (Å²) in [6.45, 7) is 13.2. The fraction of sp³-hybridized carbons (Fsp3) is 0.515. The van der Waals surface area contributed by atoms with Gasteiger partial charge in [0.25, 0.3) is 0 Å². The number of carbonyl (C=O) groups excluding carboxylic acids is 2. The zero-order chi connectivity index (χ0) is 29.4. The van der Waals surface area contributed by atoms with Crippen molar-refractivity contribution < 1.29 is 34.4 Å². The number of allylic oxidation sites excluding steroid dienone is 5. The molecule has 40 heavy (non-hydrogen) atoms. The highest BCUT2D eigenvalue weighted by molar-refractivity contribution is 6.18. The predicted octanol–water partition coefficient (Wildman–Crippen LogP) is 5.45. The number of phenols is 2. The number of aliphatic hydroxyl groups is 1. The highest BCUT2D eigenvalue weighted by Gasteiger charge is 2.81. The number of hydrogen-bond acceptors (Lipinski definition) is 7. The third-order valence-corrected chi connectivity index (χ3v) is 9.11. The van der Waals surface area contributed by atoms with Gasteiger partial charge in [0, 0.05) is 35.0 Å². The molecule has 1 aromatic carbocycles. The summed E-state index contributed by atoms with van der Waals surface area (Å²) in [5.74, 6) is -1.68. The first-order chi connectivity index (χ1) is 18.7. The molecule has 0 amide bonds. The zero-order valence-corrected chi connectivity index (χ0v) is 24.5. The van der Waals surface area contributed by atoms with Crippen LogP contribution in [0.3, 0.4) is 0 Å². The molecule has 1 aromatic rings. The summed E-state index contributed by atoms with van der Waals surface area (Å²) in [5, 5.41) is 32.7. The average molecular weight is 549 g/mol. The number of Topliss-reactive ketones (excluding diaryl/α,β-unsaturated/α-hetero) is 2. The number of hydrogen-bond donors (Lipinski definition) is 3. The maximum atomic E-state index is 14.5. The number of aromatic hydroxyl groups is 2. The molecule has 6 rings (SSSR count). The van der Waals surface area contributed by atoms with Crippen molar-refractivity contribution in [1.29, 1.82) is 0 Å². The van der Waals surface area contributed by atoms with E-state index in [0.29, 0.717) is 23.1 Å². The van der Waals surface area contributed by atoms with Gasteiger partial charge in [-0.25, -0.2) is 0 Å². The number of ketones is 2. The summed E-state index contributed by atoms with van der Waals surface area (Å²) in [4.78, 5) is 28.6. The van der Waals surface area contributed by atoms with E-state index in [0.717, 1.165) is 11.1 Å². The molecular formula is C33H40O7. The Balaban J connectivity index is 1.81. The Morgan fingerprint density at radius 3 is 2.20 bits per heavy atom. The quantitative estimate of drug-likeness (QED) is 0.388. The normalized spacial score (nSPS) is 29.4. The first kappa shape index (κ1) is 28.4. The van der Waals surface area contributed by atoms with Crippen LogP contribution in [0.5, 0.6) is 17.2 Å². The minimum Gasteiger partial charge on any atom is -0.507 e. The minimum atomic E-state index is -1.49. The maximum Gasteiger partial charge on any atom is 0.200 e. The van der Waals surface area contributed by atoms with Gasteiger partial charge in [0.2, 0.25) is 0 Å². The molecule has 0 radical (unpaired) electrons. The molecule has 3 N–H and O–H groups in total. The Morgan fingerprint density at radius 2 is 1.60 bits per heavy atom. The van der Waals surface area contributed by atoms with Crippen molar-refractivity contribution in [3.05, 3.63) is 63.3 Å². The molecule has 4 atom stereocenters. The van der Waals surface area contributed by atoms with Crippen molar-refractivity contribution in [2.45, 2.75) is 91.0 Å². The van der Waals surface area contributed by atoms with Gasteiger partial charge in [-0.2, -0.15) is 0 Å². The lowest BCUT2D eigenvalue weighted by molar-refractivity contribution is -0.171. The van der Waals surface area contributed by atoms with Crippen LogP contribution in [-0.2, 0) is 22.4 Å². The van der Waals surface area contributed by atoms with Gasteiger partial charge < -0.3 is 24.8 Å². The molecule has 2 heterocycles. The van der Waals surface area contributed by atoms with Crippen LogP contribution in [0.2, 0.25) is 0 Å². The van der Waals surface area contributed by atoms with Crippen LogP contribution >= 0.6 is 0 Å². The monoisotopic (exact) mass is 548 g/mol. The number of ether oxygens (including phenoxy) is 2. The molecule has 0 aromatic heterocycles. The Morgan fingerprint density at radius 1 is 0.975 bits per heavy atom. The summed E-state index contributed by atoms with van der Waals surface area (Å²) in [5.41, 5.74) is 0.0439. The van der Waals surface area contributed by atoms with Crippen LogP contribution in [0.1, 0.15) is 82.8 Å². The topological polar surface area (TPSA) is 113 Å². The van der Waals surface area contributed by atoms with E-state index in [1.54, 1.807) is 19.1 Å². The number of aliphatic hydroxyl groups excluding tert-OH is 1. The molecule has 2 fully saturated rings. The number of benzene rings is 1. The van der Waals surface area contributed by atoms with Gasteiger partial charge in [0.05, 0.1) is 12.2 Å². The van der Waals surface area contributed by atoms with E-state index in [9.17, 15) is 24.9 Å². The predicted molar refractivity (Wildman–Crippen MR) is 152 cm³/mol. The van der Waals surface area contributed by atoms with Crippen molar-refractivity contribution in [3.63, 3.8) is 0 Å². The molecule has 1 spiro atoms. The summed E-state index contributed by atoms with van der Waals surface area (Å²) < 4.78 is 13.6. The second-order valence-corrected chi connectivity index (χ2v) is 12.8. The fourth-order valence-electron chi connectivity index (χ4n) is 7.14. The number of fused-ring (bicyclic) bond motifs is 1. The van der Waals surface area contributed by atoms with Crippen molar-refractivity contribution in [2.75, 3.05) is 6.61 Å². The molecule has 7 heteroatoms. The van der Waals surface area contributed by atoms with Gasteiger partial charge in [0.1, 0.15) is 22.8 Å². The molecule has 214 valence electrons. The van der Waals surface area contributed by atoms with Crippen LogP contribution in [0, 0.1) is 11.8 Å². The standard InChI is InChI=1S/C33H40O7/c1-17(2)8-10-21-26(35)22(11-9-18(3)4)29-25(27(21)36)28(37)23-14-20-15-24-31(6,7)40-32(30(20)38,33(23,24)39-29)13-12-19(5)16-34/h8-9,12,14,20,24,34-36H,10-11,13,15-16H2,1-7H3/b19-12-/t20-,24?,32+,33-/m1/s1. The van der Waals surface area contributed by atoms with E-state index < -0.39 is 28.5 Å². The lowest BCUT2D eigenvalue weighted by atomic mass is 9.51. The van der Waals surface area contributed by atoms with Crippen LogP contribution in [0.15, 0.2) is 46.6 Å². The largest absolute Gasteiger partial charge is 0.507 e. The second kappa shape index (κ2) is 9.45. The summed E-state index contributed by atoms with van der Waals surface area (Å²) >= 11 is 0. The van der Waals surface area contributed by atoms with E-state index in [-0.39, 0.29) is 65.9 Å². The second-order valence-electron chi connectivity index (χ2n) is 12.8. The van der Waals surface area contributed by atoms with Crippen LogP contribution in [-0.4, -0.2) is 50.3 Å². The zero-order valence-electron chi connectivity index (χ0n) is 24.5. The SMILES string of the molecule is CC(C)=CCc1c(O)c(CC=C(C)C)c2c(c1O)C(=O)C1=C[C@@H]3CC4C(C)(C)O[C@@](C/C=C(/C)CO)(C3=O)[C@@]14O2. The average Bonchev–Trinajstić information content (AvgIpc) is 3.03. The first-order valence-electron chi connectivity index (χ1n) is 14.0. The van der Waals surface area contributed by atoms with Gasteiger partial charge in [-0.05, 0) is 67.7 Å². The van der Waals surface area contributed by atoms with Crippen LogP contribution < -0.4 is 4.74 Å². The summed E-state index contributed by atoms with van der Waals surface area (Å²) in [7, 11) is 0. The molecule has 1 saturated carbocycles. The smallest absolute Gasteiger partial charge is 0.200 e. The van der Waals surface area contributed by atoms with Crippen molar-refractivity contribution in [3.8, 4) is 17.2 Å². The first-order valence-corrected chi connectivity index (χ1v) is 14.0. The van der Waals surface area contributed by atoms with E-state index >= 15 is 0 Å². The molecule has 2 aliphatic heterocycles. The molecule has 1 unspecified atom stereocenters. The molecular weight excluding hydrogens is 508 g/mol. The Bertz CT molecular complexity index is 1430. The van der Waals surface area contributed by atoms with Gasteiger partial charge in [-0.1, -0.05) is 41.0 Å². The van der Waals surface area contributed by atoms with Crippen molar-refractivity contribution in [2.24, 2.45) is 11.8 Å². The van der Waals surface area contributed by atoms with E-state index in [1.165, 1.54) is 0 Å². The molecule has 1 saturated heterocycles. The number of carbonyl (C=O) groups is 2. The summed E-state index contributed by atoms with van der Waals surface area (Å²) in [6, 6.07) is 0. The van der Waals surface area contributed by atoms with Gasteiger partial charge >= 0.3 is 0 Å². The minimum absolute atomic E-state index is 0.0263.